The topological polar surface area (TPSA) is 112 Å². The number of esters is 1. The fraction of sp³-hybridized carbons (Fsp3) is 0.593. The van der Waals surface area contributed by atoms with Crippen LogP contribution < -0.4 is 5.73 Å². The molecular weight excluding hydrogens is 428 g/mol. The third-order valence-corrected chi connectivity index (χ3v) is 7.51. The van der Waals surface area contributed by atoms with Crippen LogP contribution in [0, 0.1) is 17.2 Å². The largest absolute Gasteiger partial charge is 0.465 e. The van der Waals surface area contributed by atoms with Gasteiger partial charge in [0.05, 0.1) is 12.4 Å². The number of aromatic nitrogens is 1. The number of hydrogen-bond acceptors (Lipinski definition) is 4. The lowest BCUT2D eigenvalue weighted by Gasteiger charge is -2.30. The summed E-state index contributed by atoms with van der Waals surface area (Å²) in [6, 6.07) is 8.70. The molecule has 2 aliphatic rings. The SMILES string of the molecule is CCOC(=O)C(C(=O)N1CCC[C@H]1CCc1cc2ccc(CCC(=N)N)cc2[nH]1)C1CCCC1. The fourth-order valence-corrected chi connectivity index (χ4v) is 5.75. The Balaban J connectivity index is 1.41. The molecule has 1 aromatic heterocycles. The van der Waals surface area contributed by atoms with Crippen molar-refractivity contribution >= 4 is 28.6 Å². The first-order chi connectivity index (χ1) is 16.5. The maximum absolute atomic E-state index is 13.6. The zero-order valence-corrected chi connectivity index (χ0v) is 20.3. The number of benzene rings is 1. The van der Waals surface area contributed by atoms with E-state index in [0.29, 0.717) is 13.0 Å². The van der Waals surface area contributed by atoms with Crippen LogP contribution in [0.5, 0.6) is 0 Å². The predicted molar refractivity (Wildman–Crippen MR) is 134 cm³/mol. The molecule has 2 aromatic rings. The van der Waals surface area contributed by atoms with Gasteiger partial charge in [-0.3, -0.25) is 15.0 Å². The molecule has 4 N–H and O–H groups in total. The molecule has 1 aliphatic carbocycles. The molecule has 1 amide bonds. The molecule has 1 saturated heterocycles. The van der Waals surface area contributed by atoms with Crippen molar-refractivity contribution in [1.29, 1.82) is 5.41 Å². The molecule has 1 unspecified atom stereocenters. The van der Waals surface area contributed by atoms with Gasteiger partial charge in [0.25, 0.3) is 0 Å². The highest BCUT2D eigenvalue weighted by molar-refractivity contribution is 5.98. The fourth-order valence-electron chi connectivity index (χ4n) is 5.75. The van der Waals surface area contributed by atoms with Gasteiger partial charge in [-0.25, -0.2) is 0 Å². The van der Waals surface area contributed by atoms with E-state index in [2.05, 4.69) is 29.2 Å². The van der Waals surface area contributed by atoms with E-state index in [9.17, 15) is 9.59 Å². The summed E-state index contributed by atoms with van der Waals surface area (Å²) in [6.45, 7) is 2.85. The number of nitrogens with two attached hydrogens (primary N) is 1. The molecule has 184 valence electrons. The molecule has 7 nitrogen and oxygen atoms in total. The first-order valence-corrected chi connectivity index (χ1v) is 12.9. The normalized spacial score (nSPS) is 19.6. The van der Waals surface area contributed by atoms with E-state index < -0.39 is 5.92 Å². The minimum absolute atomic E-state index is 0.0143. The van der Waals surface area contributed by atoms with Crippen molar-refractivity contribution < 1.29 is 14.3 Å². The number of carbonyl (C=O) groups is 2. The van der Waals surface area contributed by atoms with Gasteiger partial charge in [-0.1, -0.05) is 25.0 Å². The lowest BCUT2D eigenvalue weighted by molar-refractivity contribution is -0.158. The molecule has 1 saturated carbocycles. The van der Waals surface area contributed by atoms with E-state index in [0.717, 1.165) is 75.5 Å². The number of likely N-dealkylation sites (tertiary alicyclic amines) is 1. The zero-order chi connectivity index (χ0) is 24.1. The Kier molecular flexibility index (Phi) is 7.91. The van der Waals surface area contributed by atoms with Crippen LogP contribution in [0.3, 0.4) is 0 Å². The highest BCUT2D eigenvalue weighted by Crippen LogP contribution is 2.35. The van der Waals surface area contributed by atoms with Crippen molar-refractivity contribution in [3.8, 4) is 0 Å². The van der Waals surface area contributed by atoms with Gasteiger partial charge in [0.2, 0.25) is 5.91 Å². The third kappa shape index (κ3) is 5.62. The van der Waals surface area contributed by atoms with Crippen LogP contribution in [0.25, 0.3) is 10.9 Å². The lowest BCUT2D eigenvalue weighted by atomic mass is 9.89. The third-order valence-electron chi connectivity index (χ3n) is 7.51. The van der Waals surface area contributed by atoms with Crippen molar-refractivity contribution in [1.82, 2.24) is 9.88 Å². The number of rotatable bonds is 10. The Bertz CT molecular complexity index is 1020. The number of carbonyl (C=O) groups excluding carboxylic acids is 2. The van der Waals surface area contributed by atoms with Crippen LogP contribution in [-0.2, 0) is 27.2 Å². The quantitative estimate of drug-likeness (QED) is 0.209. The Morgan fingerprint density at radius 3 is 2.71 bits per heavy atom. The summed E-state index contributed by atoms with van der Waals surface area (Å²) in [4.78, 5) is 31.8. The summed E-state index contributed by atoms with van der Waals surface area (Å²) in [5, 5.41) is 8.60. The number of amidine groups is 1. The minimum Gasteiger partial charge on any atom is -0.465 e. The van der Waals surface area contributed by atoms with Crippen molar-refractivity contribution in [3.63, 3.8) is 0 Å². The standard InChI is InChI=1S/C27H38N4O3/c1-2-34-27(33)25(19-6-3-4-7-19)26(32)31-15-5-8-22(31)13-12-21-17-20-11-9-18(10-14-24(28)29)16-23(20)30-21/h9,11,16-17,19,22,25,30H,2-8,10,12-15H2,1H3,(H3,28,29)/t22-,25?/m0/s1. The average Bonchev–Trinajstić information content (AvgIpc) is 3.56. The van der Waals surface area contributed by atoms with Crippen LogP contribution in [0.2, 0.25) is 0 Å². The van der Waals surface area contributed by atoms with Gasteiger partial charge < -0.3 is 20.4 Å². The monoisotopic (exact) mass is 466 g/mol. The van der Waals surface area contributed by atoms with E-state index in [-0.39, 0.29) is 29.7 Å². The Morgan fingerprint density at radius 1 is 1.18 bits per heavy atom. The van der Waals surface area contributed by atoms with Crippen LogP contribution in [0.4, 0.5) is 0 Å². The first kappa shape index (κ1) is 24.3. The first-order valence-electron chi connectivity index (χ1n) is 12.9. The molecule has 0 bridgehead atoms. The van der Waals surface area contributed by atoms with Crippen molar-refractivity contribution in [2.24, 2.45) is 17.6 Å². The van der Waals surface area contributed by atoms with Crippen LogP contribution in [0.15, 0.2) is 24.3 Å². The zero-order valence-electron chi connectivity index (χ0n) is 20.3. The van der Waals surface area contributed by atoms with E-state index in [4.69, 9.17) is 15.9 Å². The van der Waals surface area contributed by atoms with Crippen LogP contribution >= 0.6 is 0 Å². The number of nitrogens with zero attached hydrogens (tertiary/aromatic N) is 1. The number of fused-ring (bicyclic) bond motifs is 1. The van der Waals surface area contributed by atoms with Gasteiger partial charge >= 0.3 is 5.97 Å². The molecule has 0 radical (unpaired) electrons. The Morgan fingerprint density at radius 2 is 1.97 bits per heavy atom. The maximum Gasteiger partial charge on any atom is 0.318 e. The summed E-state index contributed by atoms with van der Waals surface area (Å²) in [6.07, 6.45) is 9.12. The number of nitrogens with one attached hydrogen (secondary N) is 2. The summed E-state index contributed by atoms with van der Waals surface area (Å²) in [5.74, 6) is -0.648. The van der Waals surface area contributed by atoms with Crippen molar-refractivity contribution in [2.45, 2.75) is 77.2 Å². The number of aryl methyl sites for hydroxylation is 2. The molecule has 4 rings (SSSR count). The maximum atomic E-state index is 13.6. The van der Waals surface area contributed by atoms with Gasteiger partial charge in [-0.15, -0.1) is 0 Å². The number of hydrogen-bond donors (Lipinski definition) is 3. The van der Waals surface area contributed by atoms with Gasteiger partial charge in [0.15, 0.2) is 0 Å². The molecule has 7 heteroatoms. The second-order valence-corrected chi connectivity index (χ2v) is 9.88. The van der Waals surface area contributed by atoms with E-state index in [1.54, 1.807) is 6.92 Å². The van der Waals surface area contributed by atoms with Gasteiger partial charge in [0.1, 0.15) is 5.92 Å². The number of H-pyrrole nitrogens is 1. The minimum atomic E-state index is -0.635. The van der Waals surface area contributed by atoms with Crippen molar-refractivity contribution in [3.05, 3.63) is 35.5 Å². The lowest BCUT2D eigenvalue weighted by Crippen LogP contribution is -2.45. The molecule has 2 atom stereocenters. The highest BCUT2D eigenvalue weighted by Gasteiger charge is 2.42. The molecule has 1 aromatic carbocycles. The molecular formula is C27H38N4O3. The molecule has 0 spiro atoms. The predicted octanol–water partition coefficient (Wildman–Crippen LogP) is 4.33. The van der Waals surface area contributed by atoms with Crippen LogP contribution in [-0.4, -0.2) is 46.8 Å². The highest BCUT2D eigenvalue weighted by atomic mass is 16.5. The van der Waals surface area contributed by atoms with E-state index >= 15 is 0 Å². The summed E-state index contributed by atoms with van der Waals surface area (Å²) < 4.78 is 5.33. The molecule has 34 heavy (non-hydrogen) atoms. The summed E-state index contributed by atoms with van der Waals surface area (Å²) >= 11 is 0. The number of ether oxygens (including phenoxy) is 1. The smallest absolute Gasteiger partial charge is 0.318 e. The Labute approximate surface area is 201 Å². The number of amides is 1. The van der Waals surface area contributed by atoms with Gasteiger partial charge in [0, 0.05) is 30.2 Å². The van der Waals surface area contributed by atoms with Crippen molar-refractivity contribution in [2.75, 3.05) is 13.2 Å². The van der Waals surface area contributed by atoms with Gasteiger partial charge in [-0.05, 0) is 80.9 Å². The number of aromatic amines is 1. The summed E-state index contributed by atoms with van der Waals surface area (Å²) in [7, 11) is 0. The molecule has 2 fully saturated rings. The summed E-state index contributed by atoms with van der Waals surface area (Å²) in [5.41, 5.74) is 8.92. The van der Waals surface area contributed by atoms with E-state index in [1.165, 1.54) is 10.9 Å². The average molecular weight is 467 g/mol. The molecule has 1 aliphatic heterocycles. The van der Waals surface area contributed by atoms with Gasteiger partial charge in [-0.2, -0.15) is 0 Å². The second-order valence-electron chi connectivity index (χ2n) is 9.88. The van der Waals surface area contributed by atoms with Crippen LogP contribution in [0.1, 0.15) is 69.5 Å². The second kappa shape index (κ2) is 11.1. The van der Waals surface area contributed by atoms with E-state index in [1.807, 2.05) is 4.90 Å². The molecule has 2 heterocycles. The Hall–Kier alpha value is -2.83.